The Hall–Kier alpha value is -2.14. The second kappa shape index (κ2) is 6.48. The molecule has 4 nitrogen and oxygen atoms in total. The van der Waals surface area contributed by atoms with Gasteiger partial charge in [-0.15, -0.1) is 11.3 Å². The maximum atomic E-state index is 12.3. The van der Waals surface area contributed by atoms with E-state index in [1.165, 1.54) is 22.4 Å². The Morgan fingerprint density at radius 2 is 1.89 bits per heavy atom. The third kappa shape index (κ3) is 3.29. The Morgan fingerprint density at radius 1 is 1.19 bits per heavy atom. The van der Waals surface area contributed by atoms with Gasteiger partial charge in [0.05, 0.1) is 10.6 Å². The van der Waals surface area contributed by atoms with Crippen molar-refractivity contribution in [1.82, 2.24) is 0 Å². The predicted octanol–water partition coefficient (Wildman–Crippen LogP) is 5.07. The molecule has 1 aromatic carbocycles. The van der Waals surface area contributed by atoms with E-state index in [2.05, 4.69) is 26.1 Å². The number of hydrogen-bond donors (Lipinski definition) is 2. The van der Waals surface area contributed by atoms with Gasteiger partial charge in [-0.2, -0.15) is 0 Å². The molecule has 0 fully saturated rings. The van der Waals surface area contributed by atoms with Gasteiger partial charge < -0.3 is 10.4 Å². The first-order chi connectivity index (χ1) is 12.7. The second-order valence-corrected chi connectivity index (χ2v) is 9.89. The molecule has 0 spiro atoms. The van der Waals surface area contributed by atoms with Crippen LogP contribution in [0.1, 0.15) is 71.5 Å². The van der Waals surface area contributed by atoms with Crippen LogP contribution in [0.15, 0.2) is 24.3 Å². The van der Waals surface area contributed by atoms with E-state index in [4.69, 9.17) is 5.11 Å². The van der Waals surface area contributed by atoms with Crippen molar-refractivity contribution in [3.8, 4) is 0 Å². The van der Waals surface area contributed by atoms with Crippen molar-refractivity contribution in [2.24, 2.45) is 11.3 Å². The summed E-state index contributed by atoms with van der Waals surface area (Å²) in [4.78, 5) is 24.9. The maximum absolute atomic E-state index is 12.3. The Labute approximate surface area is 163 Å². The minimum atomic E-state index is -0.926. The SMILES string of the molecule is CC(C)(C)[C@H]1CCc2c(sc3c2[C@@H](c2ccc(C(=O)O)cc2)CC(=O)N3)C1. The Morgan fingerprint density at radius 3 is 2.52 bits per heavy atom. The highest BCUT2D eigenvalue weighted by molar-refractivity contribution is 7.16. The van der Waals surface area contributed by atoms with Gasteiger partial charge in [-0.3, -0.25) is 4.79 Å². The number of nitrogens with one attached hydrogen (secondary N) is 1. The van der Waals surface area contributed by atoms with Gasteiger partial charge in [0, 0.05) is 17.2 Å². The van der Waals surface area contributed by atoms with E-state index >= 15 is 0 Å². The van der Waals surface area contributed by atoms with Crippen molar-refractivity contribution in [3.05, 3.63) is 51.4 Å². The first-order valence-electron chi connectivity index (χ1n) is 9.51. The summed E-state index contributed by atoms with van der Waals surface area (Å²) in [6.45, 7) is 6.93. The maximum Gasteiger partial charge on any atom is 0.335 e. The van der Waals surface area contributed by atoms with Crippen molar-refractivity contribution in [2.75, 3.05) is 5.32 Å². The number of amides is 1. The van der Waals surface area contributed by atoms with Gasteiger partial charge in [0.15, 0.2) is 0 Å². The number of aromatic carboxylic acids is 1. The first-order valence-corrected chi connectivity index (χ1v) is 10.3. The van der Waals surface area contributed by atoms with Crippen LogP contribution in [0.4, 0.5) is 5.00 Å². The minimum Gasteiger partial charge on any atom is -0.478 e. The molecule has 142 valence electrons. The fourth-order valence-corrected chi connectivity index (χ4v) is 5.83. The number of carbonyl (C=O) groups is 2. The Kier molecular flexibility index (Phi) is 4.38. The highest BCUT2D eigenvalue weighted by Gasteiger charge is 2.37. The van der Waals surface area contributed by atoms with Gasteiger partial charge in [0.1, 0.15) is 0 Å². The normalized spacial score (nSPS) is 22.0. The quantitative estimate of drug-likeness (QED) is 0.761. The van der Waals surface area contributed by atoms with E-state index < -0.39 is 5.97 Å². The average Bonchev–Trinajstić information content (AvgIpc) is 2.97. The van der Waals surface area contributed by atoms with Crippen LogP contribution < -0.4 is 5.32 Å². The van der Waals surface area contributed by atoms with Gasteiger partial charge >= 0.3 is 5.97 Å². The summed E-state index contributed by atoms with van der Waals surface area (Å²) in [7, 11) is 0. The van der Waals surface area contributed by atoms with E-state index in [1.807, 2.05) is 12.1 Å². The zero-order chi connectivity index (χ0) is 19.3. The highest BCUT2D eigenvalue weighted by atomic mass is 32.1. The van der Waals surface area contributed by atoms with Gasteiger partial charge in [-0.25, -0.2) is 4.79 Å². The smallest absolute Gasteiger partial charge is 0.335 e. The predicted molar refractivity (Wildman–Crippen MR) is 108 cm³/mol. The molecule has 0 unspecified atom stereocenters. The molecule has 0 radical (unpaired) electrons. The molecular weight excluding hydrogens is 358 g/mol. The first kappa shape index (κ1) is 18.2. The summed E-state index contributed by atoms with van der Waals surface area (Å²) in [6.07, 6.45) is 3.74. The van der Waals surface area contributed by atoms with Crippen LogP contribution in [0.25, 0.3) is 0 Å². The second-order valence-electron chi connectivity index (χ2n) is 8.78. The molecular formula is C22H25NO3S. The molecule has 27 heavy (non-hydrogen) atoms. The number of benzene rings is 1. The topological polar surface area (TPSA) is 66.4 Å². The Balaban J connectivity index is 1.73. The van der Waals surface area contributed by atoms with E-state index in [0.717, 1.165) is 23.4 Å². The number of hydrogen-bond acceptors (Lipinski definition) is 3. The lowest BCUT2D eigenvalue weighted by Gasteiger charge is -2.34. The summed E-state index contributed by atoms with van der Waals surface area (Å²) in [5, 5.41) is 13.2. The highest BCUT2D eigenvalue weighted by Crippen LogP contribution is 2.50. The largest absolute Gasteiger partial charge is 0.478 e. The zero-order valence-electron chi connectivity index (χ0n) is 16.0. The molecule has 0 saturated heterocycles. The average molecular weight is 384 g/mol. The molecule has 0 bridgehead atoms. The summed E-state index contributed by atoms with van der Waals surface area (Å²) >= 11 is 1.74. The van der Waals surface area contributed by atoms with Crippen molar-refractivity contribution in [3.63, 3.8) is 0 Å². The van der Waals surface area contributed by atoms with Crippen molar-refractivity contribution >= 4 is 28.2 Å². The van der Waals surface area contributed by atoms with Gasteiger partial charge in [0.2, 0.25) is 5.91 Å². The number of anilines is 1. The standard InChI is InChI=1S/C22H25NO3S/c1-22(2,3)14-8-9-15-17(10-14)27-20-19(15)16(11-18(24)23-20)12-4-6-13(7-5-12)21(25)26/h4-7,14,16H,8-11H2,1-3H3,(H,23,24)(H,25,26)/t14-,16+/m0/s1. The van der Waals surface area contributed by atoms with Crippen molar-refractivity contribution in [1.29, 1.82) is 0 Å². The van der Waals surface area contributed by atoms with Crippen LogP contribution in [0.3, 0.4) is 0 Å². The molecule has 1 aromatic heterocycles. The summed E-state index contributed by atoms with van der Waals surface area (Å²) in [6, 6.07) is 7.00. The van der Waals surface area contributed by atoms with E-state index in [9.17, 15) is 9.59 Å². The molecule has 2 aromatic rings. The number of carbonyl (C=O) groups excluding carboxylic acids is 1. The van der Waals surface area contributed by atoms with Crippen LogP contribution in [-0.4, -0.2) is 17.0 Å². The van der Waals surface area contributed by atoms with Gasteiger partial charge in [-0.1, -0.05) is 32.9 Å². The number of carboxylic acid groups (broad SMARTS) is 1. The number of thiophene rings is 1. The van der Waals surface area contributed by atoms with E-state index in [0.29, 0.717) is 12.3 Å². The lowest BCUT2D eigenvalue weighted by Crippen LogP contribution is -2.27. The molecule has 1 amide bonds. The van der Waals surface area contributed by atoms with Crippen LogP contribution in [-0.2, 0) is 17.6 Å². The van der Waals surface area contributed by atoms with Crippen molar-refractivity contribution < 1.29 is 14.7 Å². The number of rotatable bonds is 2. The fraction of sp³-hybridized carbons (Fsp3) is 0.455. The minimum absolute atomic E-state index is 0.0165. The molecule has 1 aliphatic carbocycles. The van der Waals surface area contributed by atoms with Crippen LogP contribution in [0, 0.1) is 11.3 Å². The number of fused-ring (bicyclic) bond motifs is 3. The van der Waals surface area contributed by atoms with Crippen molar-refractivity contribution in [2.45, 2.75) is 52.4 Å². The third-order valence-electron chi connectivity index (χ3n) is 6.08. The molecule has 4 rings (SSSR count). The lowest BCUT2D eigenvalue weighted by molar-refractivity contribution is -0.116. The molecule has 1 aliphatic heterocycles. The van der Waals surface area contributed by atoms with Gasteiger partial charge in [0.25, 0.3) is 0 Å². The summed E-state index contributed by atoms with van der Waals surface area (Å²) in [5.74, 6) is -0.206. The van der Waals surface area contributed by atoms with Crippen LogP contribution in [0.5, 0.6) is 0 Å². The Bertz CT molecular complexity index is 905. The summed E-state index contributed by atoms with van der Waals surface area (Å²) < 4.78 is 0. The molecule has 5 heteroatoms. The van der Waals surface area contributed by atoms with Gasteiger partial charge in [-0.05, 0) is 59.4 Å². The lowest BCUT2D eigenvalue weighted by atomic mass is 9.71. The van der Waals surface area contributed by atoms with E-state index in [-0.39, 0.29) is 22.8 Å². The molecule has 0 saturated carbocycles. The monoisotopic (exact) mass is 383 g/mol. The van der Waals surface area contributed by atoms with Crippen LogP contribution >= 0.6 is 11.3 Å². The van der Waals surface area contributed by atoms with Crippen LogP contribution in [0.2, 0.25) is 0 Å². The molecule has 2 atom stereocenters. The zero-order valence-corrected chi connectivity index (χ0v) is 16.8. The number of carboxylic acids is 1. The fourth-order valence-electron chi connectivity index (χ4n) is 4.42. The third-order valence-corrected chi connectivity index (χ3v) is 7.27. The molecule has 2 aliphatic rings. The molecule has 2 N–H and O–H groups in total. The summed E-state index contributed by atoms with van der Waals surface area (Å²) in [5.41, 5.74) is 4.28. The molecule has 2 heterocycles. The van der Waals surface area contributed by atoms with E-state index in [1.54, 1.807) is 23.5 Å².